The molecule has 0 saturated heterocycles. The first kappa shape index (κ1) is 9.15. The number of carbonyl (C=O) groups excluding carboxylic acids is 2. The molecule has 3 nitrogen and oxygen atoms in total. The molecule has 2 rings (SSSR count). The molecule has 1 aromatic rings. The monoisotopic (exact) mass is 251 g/mol. The molecule has 0 atom stereocenters. The van der Waals surface area contributed by atoms with Crippen LogP contribution in [0.2, 0.25) is 0 Å². The fourth-order valence-electron chi connectivity index (χ4n) is 1.30. The Bertz CT molecular complexity index is 437. The summed E-state index contributed by atoms with van der Waals surface area (Å²) in [5.74, 6) is -0.734. The van der Waals surface area contributed by atoms with Gasteiger partial charge in [0, 0.05) is 0 Å². The highest BCUT2D eigenvalue weighted by atomic mass is 79.9. The predicted molar refractivity (Wildman–Crippen MR) is 55.4 cm³/mol. The largest absolute Gasteiger partial charge is 0.288 e. The van der Waals surface area contributed by atoms with Gasteiger partial charge in [-0.3, -0.25) is 14.9 Å². The van der Waals surface area contributed by atoms with Gasteiger partial charge < -0.3 is 0 Å². The van der Waals surface area contributed by atoms with Crippen molar-refractivity contribution in [3.05, 3.63) is 40.4 Å². The molecule has 1 aliphatic heterocycles. The molecule has 1 aromatic carbocycles. The molecule has 0 aliphatic carbocycles. The minimum Gasteiger partial charge on any atom is -0.288 e. The van der Waals surface area contributed by atoms with Crippen LogP contribution < -0.4 is 5.32 Å². The lowest BCUT2D eigenvalue weighted by Gasteiger charge is -1.98. The zero-order valence-electron chi connectivity index (χ0n) is 7.08. The van der Waals surface area contributed by atoms with Crippen LogP contribution in [0, 0.1) is 0 Å². The molecule has 14 heavy (non-hydrogen) atoms. The van der Waals surface area contributed by atoms with E-state index in [1.807, 2.05) is 18.2 Å². The van der Waals surface area contributed by atoms with Gasteiger partial charge in [0.25, 0.3) is 11.8 Å². The van der Waals surface area contributed by atoms with Crippen molar-refractivity contribution >= 4 is 33.3 Å². The molecule has 0 spiro atoms. The number of halogens is 1. The van der Waals surface area contributed by atoms with Gasteiger partial charge in [-0.15, -0.1) is 0 Å². The van der Waals surface area contributed by atoms with Gasteiger partial charge in [0.2, 0.25) is 0 Å². The number of rotatable bonds is 1. The molecule has 4 heteroatoms. The summed E-state index contributed by atoms with van der Waals surface area (Å²) < 4.78 is 0.300. The summed E-state index contributed by atoms with van der Waals surface area (Å²) in [4.78, 5) is 22.5. The van der Waals surface area contributed by atoms with E-state index in [9.17, 15) is 9.59 Å². The molecule has 0 radical (unpaired) electrons. The fraction of sp³-hybridized carbons (Fsp3) is 0. The van der Waals surface area contributed by atoms with Crippen LogP contribution in [0.4, 0.5) is 0 Å². The molecule has 0 aromatic heterocycles. The average Bonchev–Trinajstić information content (AvgIpc) is 2.43. The molecule has 0 unspecified atom stereocenters. The van der Waals surface area contributed by atoms with Gasteiger partial charge in [-0.25, -0.2) is 0 Å². The maximum Gasteiger partial charge on any atom is 0.265 e. The van der Waals surface area contributed by atoms with Gasteiger partial charge in [0.1, 0.15) is 0 Å². The van der Waals surface area contributed by atoms with Crippen LogP contribution in [0.25, 0.3) is 5.57 Å². The first-order chi connectivity index (χ1) is 6.70. The van der Waals surface area contributed by atoms with E-state index in [-0.39, 0.29) is 11.8 Å². The standard InChI is InChI=1S/C10H6BrNO2/c11-8-7(9(13)12-10(8)14)6-4-2-1-3-5-6/h1-5H,(H,12,13,14). The lowest BCUT2D eigenvalue weighted by molar-refractivity contribution is -0.123. The van der Waals surface area contributed by atoms with E-state index in [0.29, 0.717) is 10.1 Å². The minimum atomic E-state index is -0.381. The molecule has 1 aliphatic rings. The highest BCUT2D eigenvalue weighted by Gasteiger charge is 2.29. The maximum absolute atomic E-state index is 11.4. The number of hydrogen-bond acceptors (Lipinski definition) is 2. The molecule has 2 amide bonds. The Kier molecular flexibility index (Phi) is 2.21. The summed E-state index contributed by atoms with van der Waals surface area (Å²) in [6.45, 7) is 0. The highest BCUT2D eigenvalue weighted by molar-refractivity contribution is 9.12. The molecule has 0 fully saturated rings. The predicted octanol–water partition coefficient (Wildman–Crippen LogP) is 1.45. The highest BCUT2D eigenvalue weighted by Crippen LogP contribution is 2.27. The zero-order chi connectivity index (χ0) is 10.1. The molecular formula is C10H6BrNO2. The van der Waals surface area contributed by atoms with Crippen molar-refractivity contribution < 1.29 is 9.59 Å². The van der Waals surface area contributed by atoms with Crippen LogP contribution in [0.1, 0.15) is 5.56 Å². The van der Waals surface area contributed by atoms with E-state index >= 15 is 0 Å². The number of carbonyl (C=O) groups is 2. The van der Waals surface area contributed by atoms with Crippen molar-refractivity contribution in [3.8, 4) is 0 Å². The average molecular weight is 252 g/mol. The van der Waals surface area contributed by atoms with E-state index in [1.165, 1.54) is 0 Å². The van der Waals surface area contributed by atoms with Crippen molar-refractivity contribution in [2.24, 2.45) is 0 Å². The zero-order valence-corrected chi connectivity index (χ0v) is 8.67. The van der Waals surface area contributed by atoms with Crippen molar-refractivity contribution in [2.75, 3.05) is 0 Å². The Balaban J connectivity index is 2.54. The molecule has 1 N–H and O–H groups in total. The second kappa shape index (κ2) is 3.38. The molecule has 1 heterocycles. The number of nitrogens with one attached hydrogen (secondary N) is 1. The van der Waals surface area contributed by atoms with Crippen LogP contribution in [0.3, 0.4) is 0 Å². The Hall–Kier alpha value is -1.42. The number of hydrogen-bond donors (Lipinski definition) is 1. The summed E-state index contributed by atoms with van der Waals surface area (Å²) in [7, 11) is 0. The summed E-state index contributed by atoms with van der Waals surface area (Å²) in [5, 5.41) is 2.22. The van der Waals surface area contributed by atoms with Crippen LogP contribution in [0.15, 0.2) is 34.8 Å². The van der Waals surface area contributed by atoms with E-state index in [4.69, 9.17) is 0 Å². The Morgan fingerprint density at radius 1 is 1.00 bits per heavy atom. The Labute approximate surface area is 88.9 Å². The van der Waals surface area contributed by atoms with Crippen LogP contribution in [-0.4, -0.2) is 11.8 Å². The second-order valence-corrected chi connectivity index (χ2v) is 3.63. The van der Waals surface area contributed by atoms with E-state index in [1.54, 1.807) is 12.1 Å². The minimum absolute atomic E-state index is 0.300. The van der Waals surface area contributed by atoms with Crippen molar-refractivity contribution in [1.29, 1.82) is 0 Å². The van der Waals surface area contributed by atoms with Gasteiger partial charge in [0.05, 0.1) is 10.1 Å². The van der Waals surface area contributed by atoms with Crippen molar-refractivity contribution in [1.82, 2.24) is 5.32 Å². The normalized spacial score (nSPS) is 16.1. The SMILES string of the molecule is O=C1NC(=O)C(c2ccccc2)=C1Br. The van der Waals surface area contributed by atoms with Crippen molar-refractivity contribution in [2.45, 2.75) is 0 Å². The van der Waals surface area contributed by atoms with E-state index < -0.39 is 0 Å². The fourth-order valence-corrected chi connectivity index (χ4v) is 1.80. The Morgan fingerprint density at radius 2 is 1.64 bits per heavy atom. The number of amides is 2. The lowest BCUT2D eigenvalue weighted by Crippen LogP contribution is -2.22. The van der Waals surface area contributed by atoms with Gasteiger partial charge >= 0.3 is 0 Å². The summed E-state index contributed by atoms with van der Waals surface area (Å²) in [6, 6.07) is 9.06. The van der Waals surface area contributed by atoms with Crippen LogP contribution in [-0.2, 0) is 9.59 Å². The van der Waals surface area contributed by atoms with Crippen LogP contribution >= 0.6 is 15.9 Å². The first-order valence-corrected chi connectivity index (χ1v) is 4.80. The molecular weight excluding hydrogens is 246 g/mol. The van der Waals surface area contributed by atoms with Crippen LogP contribution in [0.5, 0.6) is 0 Å². The molecule has 0 bridgehead atoms. The summed E-state index contributed by atoms with van der Waals surface area (Å²) >= 11 is 3.09. The van der Waals surface area contributed by atoms with Gasteiger partial charge in [0.15, 0.2) is 0 Å². The smallest absolute Gasteiger partial charge is 0.265 e. The maximum atomic E-state index is 11.4. The first-order valence-electron chi connectivity index (χ1n) is 4.01. The van der Waals surface area contributed by atoms with Gasteiger partial charge in [-0.05, 0) is 21.5 Å². The van der Waals surface area contributed by atoms with E-state index in [2.05, 4.69) is 21.2 Å². The quantitative estimate of drug-likeness (QED) is 0.769. The Morgan fingerprint density at radius 3 is 2.14 bits per heavy atom. The van der Waals surface area contributed by atoms with Gasteiger partial charge in [-0.2, -0.15) is 0 Å². The summed E-state index contributed by atoms with van der Waals surface area (Å²) in [5.41, 5.74) is 1.14. The van der Waals surface area contributed by atoms with E-state index in [0.717, 1.165) is 5.56 Å². The topological polar surface area (TPSA) is 46.2 Å². The second-order valence-electron chi connectivity index (χ2n) is 2.84. The third-order valence-electron chi connectivity index (χ3n) is 1.94. The molecule has 0 saturated carbocycles. The lowest BCUT2D eigenvalue weighted by atomic mass is 10.1. The third kappa shape index (κ3) is 1.37. The third-order valence-corrected chi connectivity index (χ3v) is 2.69. The van der Waals surface area contributed by atoms with Gasteiger partial charge in [-0.1, -0.05) is 30.3 Å². The van der Waals surface area contributed by atoms with Crippen molar-refractivity contribution in [3.63, 3.8) is 0 Å². The number of imide groups is 1. The number of benzene rings is 1. The summed E-state index contributed by atoms with van der Waals surface area (Å²) in [6.07, 6.45) is 0. The molecule has 70 valence electrons.